The third-order valence-corrected chi connectivity index (χ3v) is 6.46. The Bertz CT molecular complexity index is 1110. The van der Waals surface area contributed by atoms with Crippen LogP contribution in [0.5, 0.6) is 0 Å². The molecule has 2 aliphatic rings. The summed E-state index contributed by atoms with van der Waals surface area (Å²) in [5.41, 5.74) is 11.2. The predicted molar refractivity (Wildman–Crippen MR) is 108 cm³/mol. The Hall–Kier alpha value is -2.75. The van der Waals surface area contributed by atoms with Gasteiger partial charge in [0.2, 0.25) is 0 Å². The lowest BCUT2D eigenvalue weighted by atomic mass is 9.73. The third kappa shape index (κ3) is 2.70. The number of nitriles is 1. The van der Waals surface area contributed by atoms with Gasteiger partial charge in [-0.1, -0.05) is 17.7 Å². The van der Waals surface area contributed by atoms with E-state index in [1.807, 2.05) is 24.3 Å². The highest BCUT2D eigenvalue weighted by atomic mass is 35.5. The first-order valence-electron chi connectivity index (χ1n) is 9.41. The molecule has 2 aromatic heterocycles. The van der Waals surface area contributed by atoms with E-state index in [2.05, 4.69) is 20.9 Å². The molecule has 1 atom stereocenters. The zero-order chi connectivity index (χ0) is 19.3. The van der Waals surface area contributed by atoms with Gasteiger partial charge in [0.25, 0.3) is 0 Å². The molecule has 140 valence electrons. The van der Waals surface area contributed by atoms with Crippen LogP contribution < -0.4 is 10.6 Å². The van der Waals surface area contributed by atoms with Gasteiger partial charge in [0.1, 0.15) is 16.5 Å². The summed E-state index contributed by atoms with van der Waals surface area (Å²) in [4.78, 5) is 15.6. The van der Waals surface area contributed by atoms with Gasteiger partial charge in [0.05, 0.1) is 17.8 Å². The summed E-state index contributed by atoms with van der Waals surface area (Å²) in [5.74, 6) is 0.863. The van der Waals surface area contributed by atoms with E-state index in [4.69, 9.17) is 22.3 Å². The van der Waals surface area contributed by atoms with Crippen LogP contribution in [0.2, 0.25) is 5.15 Å². The van der Waals surface area contributed by atoms with Crippen LogP contribution in [0, 0.1) is 16.7 Å². The largest absolute Gasteiger partial charge is 0.355 e. The minimum atomic E-state index is 0.0198. The smallest absolute Gasteiger partial charge is 0.179 e. The van der Waals surface area contributed by atoms with Gasteiger partial charge in [-0.05, 0) is 60.1 Å². The molecule has 1 aromatic carbocycles. The van der Waals surface area contributed by atoms with Gasteiger partial charge in [-0.25, -0.2) is 15.0 Å². The maximum absolute atomic E-state index is 9.18. The van der Waals surface area contributed by atoms with E-state index >= 15 is 0 Å². The summed E-state index contributed by atoms with van der Waals surface area (Å²) in [7, 11) is 0. The zero-order valence-electron chi connectivity index (χ0n) is 15.3. The molecule has 0 radical (unpaired) electrons. The van der Waals surface area contributed by atoms with Crippen molar-refractivity contribution in [1.82, 2.24) is 15.0 Å². The van der Waals surface area contributed by atoms with Crippen molar-refractivity contribution in [3.63, 3.8) is 0 Å². The second kappa shape index (κ2) is 6.40. The van der Waals surface area contributed by atoms with Crippen LogP contribution in [-0.2, 0) is 6.42 Å². The first-order chi connectivity index (χ1) is 13.6. The first-order valence-corrected chi connectivity index (χ1v) is 9.79. The molecule has 0 unspecified atom stereocenters. The third-order valence-electron chi connectivity index (χ3n) is 6.25. The Morgan fingerprint density at radius 2 is 2.00 bits per heavy atom. The number of hydrogen-bond donors (Lipinski definition) is 1. The highest BCUT2D eigenvalue weighted by Crippen LogP contribution is 2.51. The molecular formula is C21H19ClN6. The van der Waals surface area contributed by atoms with Gasteiger partial charge in [-0.2, -0.15) is 5.26 Å². The molecule has 1 aliphatic heterocycles. The normalized spacial score (nSPS) is 20.3. The lowest BCUT2D eigenvalue weighted by molar-refractivity contribution is 0.187. The van der Waals surface area contributed by atoms with Crippen LogP contribution in [0.4, 0.5) is 5.82 Å². The number of nitrogens with zero attached hydrogens (tertiary/aromatic N) is 5. The number of nitrogens with two attached hydrogens (primary N) is 1. The summed E-state index contributed by atoms with van der Waals surface area (Å²) in [6, 6.07) is 11.7. The first kappa shape index (κ1) is 17.4. The number of piperidine rings is 1. The Balaban J connectivity index is 1.37. The number of anilines is 1. The minimum absolute atomic E-state index is 0.0198. The van der Waals surface area contributed by atoms with E-state index in [-0.39, 0.29) is 11.5 Å². The maximum atomic E-state index is 9.18. The van der Waals surface area contributed by atoms with Crippen LogP contribution in [0.3, 0.4) is 0 Å². The number of hydrogen-bond acceptors (Lipinski definition) is 6. The van der Waals surface area contributed by atoms with Crippen molar-refractivity contribution in [2.75, 3.05) is 18.0 Å². The molecule has 1 aliphatic carbocycles. The fourth-order valence-corrected chi connectivity index (χ4v) is 4.79. The molecule has 1 spiro atoms. The van der Waals surface area contributed by atoms with E-state index in [0.29, 0.717) is 16.4 Å². The van der Waals surface area contributed by atoms with Crippen molar-refractivity contribution >= 4 is 28.6 Å². The fraction of sp³-hybridized carbons (Fsp3) is 0.333. The van der Waals surface area contributed by atoms with Crippen LogP contribution in [-0.4, -0.2) is 28.0 Å². The Morgan fingerprint density at radius 1 is 1.18 bits per heavy atom. The van der Waals surface area contributed by atoms with Crippen LogP contribution >= 0.6 is 11.6 Å². The SMILES string of the molecule is N#Cc1ccc2c(c1)CC1(CCN(c3cnc4nc(Cl)ccc4n3)CC1)[C@@H]2N. The topological polar surface area (TPSA) is 91.7 Å². The molecule has 6 nitrogen and oxygen atoms in total. The van der Waals surface area contributed by atoms with Gasteiger partial charge >= 0.3 is 0 Å². The van der Waals surface area contributed by atoms with Crippen molar-refractivity contribution in [3.8, 4) is 6.07 Å². The van der Waals surface area contributed by atoms with E-state index in [9.17, 15) is 5.26 Å². The Morgan fingerprint density at radius 3 is 2.79 bits per heavy atom. The average molecular weight is 391 g/mol. The standard InChI is InChI=1S/C21H19ClN6/c22-17-4-3-16-20(27-17)25-12-18(26-16)28-7-5-21(6-8-28)10-14-9-13(11-23)1-2-15(14)19(21)24/h1-4,9,12,19H,5-8,10,24H2/t19-/m1/s1. The van der Waals surface area contributed by atoms with Crippen molar-refractivity contribution in [2.24, 2.45) is 11.1 Å². The molecular weight excluding hydrogens is 372 g/mol. The lowest BCUT2D eigenvalue weighted by Gasteiger charge is -2.42. The highest BCUT2D eigenvalue weighted by Gasteiger charge is 2.46. The molecule has 0 amide bonds. The minimum Gasteiger partial charge on any atom is -0.355 e. The van der Waals surface area contributed by atoms with Gasteiger partial charge in [-0.15, -0.1) is 0 Å². The van der Waals surface area contributed by atoms with E-state index in [1.165, 1.54) is 11.1 Å². The van der Waals surface area contributed by atoms with Crippen LogP contribution in [0.1, 0.15) is 35.6 Å². The van der Waals surface area contributed by atoms with Crippen molar-refractivity contribution in [2.45, 2.75) is 25.3 Å². The van der Waals surface area contributed by atoms with Crippen molar-refractivity contribution in [1.29, 1.82) is 5.26 Å². The number of pyridine rings is 1. The van der Waals surface area contributed by atoms with Crippen LogP contribution in [0.15, 0.2) is 36.5 Å². The molecule has 2 N–H and O–H groups in total. The molecule has 0 bridgehead atoms. The molecule has 5 rings (SSSR count). The quantitative estimate of drug-likeness (QED) is 0.640. The maximum Gasteiger partial charge on any atom is 0.179 e. The molecule has 28 heavy (non-hydrogen) atoms. The van der Waals surface area contributed by atoms with Gasteiger partial charge in [0, 0.05) is 19.1 Å². The zero-order valence-corrected chi connectivity index (χ0v) is 16.0. The number of fused-ring (bicyclic) bond motifs is 2. The summed E-state index contributed by atoms with van der Waals surface area (Å²) in [5, 5.41) is 9.60. The highest BCUT2D eigenvalue weighted by molar-refractivity contribution is 6.29. The van der Waals surface area contributed by atoms with E-state index in [1.54, 1.807) is 12.3 Å². The average Bonchev–Trinajstić information content (AvgIpc) is 2.99. The molecule has 0 saturated carbocycles. The predicted octanol–water partition coefficient (Wildman–Crippen LogP) is 3.39. The van der Waals surface area contributed by atoms with Crippen molar-refractivity contribution < 1.29 is 0 Å². The lowest BCUT2D eigenvalue weighted by Crippen LogP contribution is -2.44. The second-order valence-electron chi connectivity index (χ2n) is 7.73. The molecule has 1 saturated heterocycles. The summed E-state index contributed by atoms with van der Waals surface area (Å²) < 4.78 is 0. The second-order valence-corrected chi connectivity index (χ2v) is 8.12. The van der Waals surface area contributed by atoms with Gasteiger partial charge in [0.15, 0.2) is 5.65 Å². The molecule has 7 heteroatoms. The Kier molecular flexibility index (Phi) is 3.97. The number of halogens is 1. The molecule has 3 heterocycles. The van der Waals surface area contributed by atoms with Crippen molar-refractivity contribution in [3.05, 3.63) is 58.4 Å². The number of rotatable bonds is 1. The van der Waals surface area contributed by atoms with E-state index in [0.717, 1.165) is 43.7 Å². The van der Waals surface area contributed by atoms with E-state index < -0.39 is 0 Å². The summed E-state index contributed by atoms with van der Waals surface area (Å²) in [6.45, 7) is 1.77. The monoisotopic (exact) mass is 390 g/mol. The van der Waals surface area contributed by atoms with Crippen LogP contribution in [0.25, 0.3) is 11.2 Å². The van der Waals surface area contributed by atoms with Gasteiger partial charge in [-0.3, -0.25) is 0 Å². The number of aromatic nitrogens is 3. The Labute approximate surface area is 168 Å². The number of benzene rings is 1. The molecule has 3 aromatic rings. The summed E-state index contributed by atoms with van der Waals surface area (Å²) in [6.07, 6.45) is 4.69. The fourth-order valence-electron chi connectivity index (χ4n) is 4.64. The molecule has 1 fully saturated rings. The summed E-state index contributed by atoms with van der Waals surface area (Å²) >= 11 is 5.93. The van der Waals surface area contributed by atoms with Gasteiger partial charge < -0.3 is 10.6 Å².